The largest absolute Gasteiger partial charge is 0.448 e. The summed E-state index contributed by atoms with van der Waals surface area (Å²) in [6.07, 6.45) is 1.81. The molecule has 0 aliphatic carbocycles. The molecule has 0 radical (unpaired) electrons. The number of amides is 1. The fourth-order valence-corrected chi connectivity index (χ4v) is 4.10. The average Bonchev–Trinajstić information content (AvgIpc) is 2.80. The average molecular weight is 368 g/mol. The first-order valence-corrected chi connectivity index (χ1v) is 8.31. The summed E-state index contributed by atoms with van der Waals surface area (Å²) in [5, 5.41) is 6.77. The lowest BCUT2D eigenvalue weighted by Crippen LogP contribution is -2.62. The van der Waals surface area contributed by atoms with E-state index in [1.54, 1.807) is 6.07 Å². The Morgan fingerprint density at radius 2 is 1.91 bits per heavy atom. The highest BCUT2D eigenvalue weighted by molar-refractivity contribution is 9.10. The molecule has 3 rings (SSSR count). The molecule has 2 aromatic rings. The Hall–Kier alpha value is -1.27. The molecule has 3 heterocycles. The van der Waals surface area contributed by atoms with Crippen molar-refractivity contribution in [3.8, 4) is 0 Å². The number of hydrogen-bond acceptors (Lipinski definition) is 3. The van der Waals surface area contributed by atoms with E-state index in [0.29, 0.717) is 15.9 Å². The lowest BCUT2D eigenvalue weighted by Gasteiger charge is -2.46. The highest BCUT2D eigenvalue weighted by Gasteiger charge is 2.38. The summed E-state index contributed by atoms with van der Waals surface area (Å²) < 4.78 is 6.11. The normalized spacial score (nSPS) is 21.1. The monoisotopic (exact) mass is 367 g/mol. The molecule has 0 spiro atoms. The van der Waals surface area contributed by atoms with E-state index in [2.05, 4.69) is 59.2 Å². The highest BCUT2D eigenvalue weighted by atomic mass is 79.9. The molecule has 1 saturated heterocycles. The Bertz CT molecular complexity index is 667. The lowest BCUT2D eigenvalue weighted by atomic mass is 9.79. The van der Waals surface area contributed by atoms with Gasteiger partial charge in [-0.15, -0.1) is 0 Å². The van der Waals surface area contributed by atoms with E-state index in [1.807, 2.05) is 6.07 Å². The predicted molar refractivity (Wildman–Crippen MR) is 90.0 cm³/mol. The van der Waals surface area contributed by atoms with Crippen molar-refractivity contribution < 1.29 is 9.21 Å². The van der Waals surface area contributed by atoms with Crippen LogP contribution in [0.2, 0.25) is 0 Å². The SMILES string of the molecule is CC1(C)CC(NC(=O)c2cc3oc(Br)cc3[nH]2)CC(C)(C)N1. The van der Waals surface area contributed by atoms with E-state index >= 15 is 0 Å². The molecule has 0 atom stereocenters. The van der Waals surface area contributed by atoms with Gasteiger partial charge in [-0.1, -0.05) is 0 Å². The molecular formula is C16H22BrN3O2. The standard InChI is InChI=1S/C16H22BrN3O2/c1-15(2)7-9(8-16(3,4)20-15)18-14(21)11-5-12-10(19-11)6-13(17)22-12/h5-6,9,19-20H,7-8H2,1-4H3,(H,18,21). The van der Waals surface area contributed by atoms with E-state index < -0.39 is 0 Å². The molecule has 0 aromatic carbocycles. The van der Waals surface area contributed by atoms with Crippen LogP contribution < -0.4 is 10.6 Å². The first-order chi connectivity index (χ1) is 10.1. The maximum atomic E-state index is 12.5. The van der Waals surface area contributed by atoms with E-state index in [0.717, 1.165) is 18.4 Å². The molecule has 1 aliphatic heterocycles. The number of aromatic amines is 1. The molecule has 3 N–H and O–H groups in total. The summed E-state index contributed by atoms with van der Waals surface area (Å²) >= 11 is 3.28. The second-order valence-electron chi connectivity index (χ2n) is 7.48. The fraction of sp³-hybridized carbons (Fsp3) is 0.562. The Morgan fingerprint density at radius 3 is 2.50 bits per heavy atom. The molecule has 0 saturated carbocycles. The number of halogens is 1. The third-order valence-corrected chi connectivity index (χ3v) is 4.44. The van der Waals surface area contributed by atoms with Gasteiger partial charge < -0.3 is 20.0 Å². The lowest BCUT2D eigenvalue weighted by molar-refractivity contribution is 0.0869. The summed E-state index contributed by atoms with van der Waals surface area (Å²) in [6.45, 7) is 8.69. The molecule has 1 fully saturated rings. The summed E-state index contributed by atoms with van der Waals surface area (Å²) in [5.41, 5.74) is 2.06. The Balaban J connectivity index is 1.74. The van der Waals surface area contributed by atoms with Crippen molar-refractivity contribution >= 4 is 32.9 Å². The third kappa shape index (κ3) is 3.22. The van der Waals surface area contributed by atoms with Gasteiger partial charge in [0.05, 0.1) is 5.52 Å². The molecule has 22 heavy (non-hydrogen) atoms. The van der Waals surface area contributed by atoms with Crippen molar-refractivity contribution in [2.45, 2.75) is 57.7 Å². The van der Waals surface area contributed by atoms with Gasteiger partial charge >= 0.3 is 0 Å². The summed E-state index contributed by atoms with van der Waals surface area (Å²) in [4.78, 5) is 15.6. The number of hydrogen-bond donors (Lipinski definition) is 3. The van der Waals surface area contributed by atoms with Crippen LogP contribution >= 0.6 is 15.9 Å². The number of furan rings is 1. The van der Waals surface area contributed by atoms with Crippen molar-refractivity contribution in [2.24, 2.45) is 0 Å². The molecule has 120 valence electrons. The number of nitrogens with one attached hydrogen (secondary N) is 3. The van der Waals surface area contributed by atoms with Crippen LogP contribution in [0.15, 0.2) is 21.2 Å². The second kappa shape index (κ2) is 5.13. The Morgan fingerprint density at radius 1 is 1.27 bits per heavy atom. The number of piperidine rings is 1. The van der Waals surface area contributed by atoms with Crippen LogP contribution in [0.25, 0.3) is 11.1 Å². The van der Waals surface area contributed by atoms with Crippen molar-refractivity contribution in [3.63, 3.8) is 0 Å². The molecule has 0 bridgehead atoms. The maximum absolute atomic E-state index is 12.5. The van der Waals surface area contributed by atoms with Gasteiger partial charge in [0, 0.05) is 29.3 Å². The van der Waals surface area contributed by atoms with E-state index in [1.165, 1.54) is 0 Å². The minimum absolute atomic E-state index is 0.00784. The smallest absolute Gasteiger partial charge is 0.268 e. The number of H-pyrrole nitrogens is 1. The number of fused-ring (bicyclic) bond motifs is 1. The summed E-state index contributed by atoms with van der Waals surface area (Å²) in [6, 6.07) is 3.72. The van der Waals surface area contributed by atoms with Crippen molar-refractivity contribution in [1.82, 2.24) is 15.6 Å². The minimum Gasteiger partial charge on any atom is -0.448 e. The molecule has 1 amide bonds. The zero-order chi connectivity index (χ0) is 16.1. The van der Waals surface area contributed by atoms with Crippen LogP contribution in [0.3, 0.4) is 0 Å². The minimum atomic E-state index is -0.0824. The second-order valence-corrected chi connectivity index (χ2v) is 8.26. The van der Waals surface area contributed by atoms with Gasteiger partial charge in [-0.3, -0.25) is 4.79 Å². The zero-order valence-corrected chi connectivity index (χ0v) is 14.9. The van der Waals surface area contributed by atoms with Gasteiger partial charge in [0.2, 0.25) is 0 Å². The molecule has 2 aromatic heterocycles. The Kier molecular flexibility index (Phi) is 3.64. The summed E-state index contributed by atoms with van der Waals surface area (Å²) in [5.74, 6) is -0.0824. The van der Waals surface area contributed by atoms with Gasteiger partial charge in [-0.25, -0.2) is 0 Å². The van der Waals surface area contributed by atoms with E-state index in [-0.39, 0.29) is 23.0 Å². The van der Waals surface area contributed by atoms with Crippen LogP contribution in [0.1, 0.15) is 51.0 Å². The molecule has 1 aliphatic rings. The van der Waals surface area contributed by atoms with Gasteiger partial charge in [0.1, 0.15) is 5.69 Å². The van der Waals surface area contributed by atoms with Crippen LogP contribution in [0.4, 0.5) is 0 Å². The number of carbonyl (C=O) groups excluding carboxylic acids is 1. The quantitative estimate of drug-likeness (QED) is 0.759. The van der Waals surface area contributed by atoms with Gasteiger partial charge in [0.15, 0.2) is 10.3 Å². The van der Waals surface area contributed by atoms with E-state index in [9.17, 15) is 4.79 Å². The molecule has 6 heteroatoms. The van der Waals surface area contributed by atoms with Crippen LogP contribution in [0, 0.1) is 0 Å². The molecular weight excluding hydrogens is 346 g/mol. The van der Waals surface area contributed by atoms with Crippen molar-refractivity contribution in [1.29, 1.82) is 0 Å². The number of rotatable bonds is 2. The Labute approximate surface area is 138 Å². The van der Waals surface area contributed by atoms with Crippen LogP contribution in [0.5, 0.6) is 0 Å². The predicted octanol–water partition coefficient (Wildman–Crippen LogP) is 3.56. The van der Waals surface area contributed by atoms with Crippen molar-refractivity contribution in [2.75, 3.05) is 0 Å². The number of carbonyl (C=O) groups is 1. The fourth-order valence-electron chi connectivity index (χ4n) is 3.70. The van der Waals surface area contributed by atoms with Gasteiger partial charge in [-0.2, -0.15) is 0 Å². The third-order valence-electron chi connectivity index (χ3n) is 4.05. The van der Waals surface area contributed by atoms with Gasteiger partial charge in [-0.05, 0) is 56.5 Å². The molecule has 0 unspecified atom stereocenters. The highest BCUT2D eigenvalue weighted by Crippen LogP contribution is 2.29. The number of aromatic nitrogens is 1. The first-order valence-electron chi connectivity index (χ1n) is 7.52. The zero-order valence-electron chi connectivity index (χ0n) is 13.3. The first kappa shape index (κ1) is 15.6. The van der Waals surface area contributed by atoms with Crippen LogP contribution in [-0.4, -0.2) is 28.0 Å². The van der Waals surface area contributed by atoms with Crippen LogP contribution in [-0.2, 0) is 0 Å². The van der Waals surface area contributed by atoms with Gasteiger partial charge in [0.25, 0.3) is 5.91 Å². The molecule has 5 nitrogen and oxygen atoms in total. The van der Waals surface area contributed by atoms with Crippen molar-refractivity contribution in [3.05, 3.63) is 22.5 Å². The van der Waals surface area contributed by atoms with E-state index in [4.69, 9.17) is 4.42 Å². The topological polar surface area (TPSA) is 70.1 Å². The summed E-state index contributed by atoms with van der Waals surface area (Å²) in [7, 11) is 0. The maximum Gasteiger partial charge on any atom is 0.268 e.